The molecule has 0 aliphatic heterocycles. The Morgan fingerprint density at radius 1 is 1.28 bits per heavy atom. The molecule has 0 aliphatic carbocycles. The van der Waals surface area contributed by atoms with Crippen molar-refractivity contribution in [2.24, 2.45) is 0 Å². The molecule has 18 heavy (non-hydrogen) atoms. The van der Waals surface area contributed by atoms with E-state index in [0.29, 0.717) is 0 Å². The van der Waals surface area contributed by atoms with E-state index in [2.05, 4.69) is 61.6 Å². The molecule has 0 amide bonds. The van der Waals surface area contributed by atoms with Gasteiger partial charge in [-0.2, -0.15) is 0 Å². The summed E-state index contributed by atoms with van der Waals surface area (Å²) >= 11 is 7.07. The maximum absolute atomic E-state index is 4.20. The second-order valence-corrected chi connectivity index (χ2v) is 5.53. The number of aromatic nitrogens is 1. The van der Waals surface area contributed by atoms with Gasteiger partial charge in [0.05, 0.1) is 0 Å². The van der Waals surface area contributed by atoms with Crippen LogP contribution in [0.5, 0.6) is 0 Å². The lowest BCUT2D eigenvalue weighted by Gasteiger charge is -2.11. The Morgan fingerprint density at radius 3 is 2.67 bits per heavy atom. The third-order valence-electron chi connectivity index (χ3n) is 2.86. The third kappa shape index (κ3) is 2.73. The zero-order valence-electron chi connectivity index (χ0n) is 10.1. The van der Waals surface area contributed by atoms with Crippen molar-refractivity contribution >= 4 is 37.4 Å². The minimum absolute atomic E-state index is 0.854. The molecule has 0 unspecified atom stereocenters. The van der Waals surface area contributed by atoms with Crippen LogP contribution in [0.25, 0.3) is 5.57 Å². The van der Waals surface area contributed by atoms with Gasteiger partial charge in [-0.15, -0.1) is 0 Å². The Hall–Kier alpha value is -0.930. The topological polar surface area (TPSA) is 12.9 Å². The summed E-state index contributed by atoms with van der Waals surface area (Å²) in [5.41, 5.74) is 5.65. The fourth-order valence-corrected chi connectivity index (χ4v) is 2.86. The highest BCUT2D eigenvalue weighted by molar-refractivity contribution is 9.10. The van der Waals surface area contributed by atoms with Gasteiger partial charge in [0.25, 0.3) is 0 Å². The summed E-state index contributed by atoms with van der Waals surface area (Å²) in [5.74, 6) is 0. The molecule has 0 fully saturated rings. The molecule has 0 saturated heterocycles. The molecule has 0 radical (unpaired) electrons. The van der Waals surface area contributed by atoms with Crippen molar-refractivity contribution in [3.63, 3.8) is 0 Å². The van der Waals surface area contributed by atoms with Crippen LogP contribution in [0.1, 0.15) is 22.3 Å². The molecule has 0 saturated carbocycles. The van der Waals surface area contributed by atoms with E-state index in [-0.39, 0.29) is 0 Å². The summed E-state index contributed by atoms with van der Waals surface area (Å²) in [7, 11) is 0. The fourth-order valence-electron chi connectivity index (χ4n) is 1.84. The molecule has 1 aromatic heterocycles. The third-order valence-corrected chi connectivity index (χ3v) is 4.16. The second-order valence-electron chi connectivity index (χ2n) is 4.12. The number of alkyl halides is 1. The van der Waals surface area contributed by atoms with Gasteiger partial charge in [0.1, 0.15) is 0 Å². The molecular weight excluding hydrogens is 354 g/mol. The first-order valence-electron chi connectivity index (χ1n) is 5.58. The van der Waals surface area contributed by atoms with Gasteiger partial charge in [-0.3, -0.25) is 4.98 Å². The number of aryl methyl sites for hydroxylation is 1. The van der Waals surface area contributed by atoms with Gasteiger partial charge in [-0.1, -0.05) is 50.6 Å². The average molecular weight is 367 g/mol. The number of halogens is 2. The Morgan fingerprint density at radius 2 is 2.06 bits per heavy atom. The van der Waals surface area contributed by atoms with Crippen LogP contribution in [-0.2, 0) is 5.33 Å². The maximum atomic E-state index is 4.20. The van der Waals surface area contributed by atoms with Crippen molar-refractivity contribution in [2.75, 3.05) is 0 Å². The number of hydrogen-bond donors (Lipinski definition) is 0. The van der Waals surface area contributed by atoms with Crippen molar-refractivity contribution in [3.8, 4) is 0 Å². The molecule has 0 aliphatic rings. The molecule has 1 nitrogen and oxygen atoms in total. The minimum atomic E-state index is 0.854. The van der Waals surface area contributed by atoms with Crippen LogP contribution < -0.4 is 0 Å². The Kier molecular flexibility index (Phi) is 4.36. The van der Waals surface area contributed by atoms with E-state index in [0.717, 1.165) is 32.1 Å². The molecule has 0 bridgehead atoms. The molecule has 1 aromatic carbocycles. The zero-order chi connectivity index (χ0) is 13.1. The van der Waals surface area contributed by atoms with Gasteiger partial charge >= 0.3 is 0 Å². The summed E-state index contributed by atoms with van der Waals surface area (Å²) in [6, 6.07) is 8.33. The first kappa shape index (κ1) is 13.5. The van der Waals surface area contributed by atoms with Crippen molar-refractivity contribution in [3.05, 3.63) is 70.0 Å². The molecule has 0 spiro atoms. The summed E-state index contributed by atoms with van der Waals surface area (Å²) in [5, 5.41) is 0.854. The van der Waals surface area contributed by atoms with E-state index in [1.54, 1.807) is 6.20 Å². The molecule has 2 aromatic rings. The predicted octanol–water partition coefficient (Wildman–Crippen LogP) is 5.11. The highest BCUT2D eigenvalue weighted by Gasteiger charge is 2.09. The highest BCUT2D eigenvalue weighted by Crippen LogP contribution is 2.30. The summed E-state index contributed by atoms with van der Waals surface area (Å²) < 4.78 is 1.07. The minimum Gasteiger partial charge on any atom is -0.264 e. The quantitative estimate of drug-likeness (QED) is 0.688. The summed E-state index contributed by atoms with van der Waals surface area (Å²) in [6.07, 6.45) is 3.66. The van der Waals surface area contributed by atoms with E-state index in [1.165, 1.54) is 5.56 Å². The molecule has 0 N–H and O–H groups in total. The fraction of sp³-hybridized carbons (Fsp3) is 0.133. The summed E-state index contributed by atoms with van der Waals surface area (Å²) in [6.45, 7) is 6.25. The van der Waals surface area contributed by atoms with E-state index >= 15 is 0 Å². The smallest absolute Gasteiger partial charge is 0.0303 e. The molecule has 0 atom stereocenters. The summed E-state index contributed by atoms with van der Waals surface area (Å²) in [4.78, 5) is 4.11. The molecule has 2 rings (SSSR count). The lowest BCUT2D eigenvalue weighted by Crippen LogP contribution is -1.93. The van der Waals surface area contributed by atoms with Crippen LogP contribution in [0.4, 0.5) is 0 Å². The van der Waals surface area contributed by atoms with Gasteiger partial charge in [0.2, 0.25) is 0 Å². The Labute approximate surface area is 124 Å². The molecule has 92 valence electrons. The van der Waals surface area contributed by atoms with Crippen molar-refractivity contribution in [1.82, 2.24) is 4.98 Å². The van der Waals surface area contributed by atoms with E-state index in [9.17, 15) is 0 Å². The van der Waals surface area contributed by atoms with E-state index in [1.807, 2.05) is 19.2 Å². The van der Waals surface area contributed by atoms with Gasteiger partial charge in [-0.25, -0.2) is 0 Å². The molecular formula is C15H13Br2N. The van der Waals surface area contributed by atoms with E-state index < -0.39 is 0 Å². The number of benzene rings is 1. The lowest BCUT2D eigenvalue weighted by molar-refractivity contribution is 1.25. The Balaban J connectivity index is 2.44. The van der Waals surface area contributed by atoms with Crippen molar-refractivity contribution in [2.45, 2.75) is 12.3 Å². The number of pyridine rings is 1. The van der Waals surface area contributed by atoms with Gasteiger partial charge in [0, 0.05) is 22.2 Å². The number of hydrogen-bond acceptors (Lipinski definition) is 1. The first-order chi connectivity index (χ1) is 8.63. The normalized spacial score (nSPS) is 10.4. The number of rotatable bonds is 3. The molecule has 1 heterocycles. The van der Waals surface area contributed by atoms with E-state index in [4.69, 9.17) is 0 Å². The second kappa shape index (κ2) is 5.81. The van der Waals surface area contributed by atoms with Gasteiger partial charge in [0.15, 0.2) is 0 Å². The lowest BCUT2D eigenvalue weighted by atomic mass is 9.97. The van der Waals surface area contributed by atoms with Crippen LogP contribution in [0.15, 0.2) is 47.7 Å². The van der Waals surface area contributed by atoms with Crippen LogP contribution in [-0.4, -0.2) is 4.98 Å². The van der Waals surface area contributed by atoms with Gasteiger partial charge in [-0.05, 0) is 46.9 Å². The molecule has 3 heteroatoms. The monoisotopic (exact) mass is 365 g/mol. The highest BCUT2D eigenvalue weighted by atomic mass is 79.9. The van der Waals surface area contributed by atoms with Crippen LogP contribution in [0, 0.1) is 6.92 Å². The van der Waals surface area contributed by atoms with Crippen LogP contribution >= 0.6 is 31.9 Å². The standard InChI is InChI=1S/C15H13Br2N/c1-10-9-18-6-5-13(10)11(2)14-4-3-12(8-16)7-15(14)17/h3-7,9H,2,8H2,1H3. The predicted molar refractivity (Wildman–Crippen MR) is 83.9 cm³/mol. The maximum Gasteiger partial charge on any atom is 0.0303 e. The Bertz CT molecular complexity index is 591. The largest absolute Gasteiger partial charge is 0.264 e. The van der Waals surface area contributed by atoms with Crippen LogP contribution in [0.2, 0.25) is 0 Å². The van der Waals surface area contributed by atoms with Crippen molar-refractivity contribution < 1.29 is 0 Å². The number of nitrogens with zero attached hydrogens (tertiary/aromatic N) is 1. The zero-order valence-corrected chi connectivity index (χ0v) is 13.3. The average Bonchev–Trinajstić information content (AvgIpc) is 2.38. The first-order valence-corrected chi connectivity index (χ1v) is 7.49. The van der Waals surface area contributed by atoms with Crippen molar-refractivity contribution in [1.29, 1.82) is 0 Å². The van der Waals surface area contributed by atoms with Crippen LogP contribution in [0.3, 0.4) is 0 Å². The SMILES string of the molecule is C=C(c1ccncc1C)c1ccc(CBr)cc1Br. The van der Waals surface area contributed by atoms with Gasteiger partial charge < -0.3 is 0 Å².